The Balaban J connectivity index is 1.76. The van der Waals surface area contributed by atoms with Gasteiger partial charge in [0.2, 0.25) is 10.0 Å². The van der Waals surface area contributed by atoms with Gasteiger partial charge in [0.15, 0.2) is 0 Å². The van der Waals surface area contributed by atoms with Gasteiger partial charge in [-0.3, -0.25) is 4.90 Å². The smallest absolute Gasteiger partial charge is 0.240 e. The van der Waals surface area contributed by atoms with Crippen molar-refractivity contribution in [3.63, 3.8) is 0 Å². The zero-order chi connectivity index (χ0) is 19.4. The van der Waals surface area contributed by atoms with Crippen molar-refractivity contribution in [1.82, 2.24) is 19.1 Å². The molecule has 0 spiro atoms. The second-order valence-electron chi connectivity index (χ2n) is 6.93. The molecule has 1 aliphatic rings. The van der Waals surface area contributed by atoms with Crippen LogP contribution in [0.3, 0.4) is 0 Å². The molecule has 0 saturated carbocycles. The van der Waals surface area contributed by atoms with Crippen LogP contribution in [0, 0.1) is 0 Å². The third kappa shape index (κ3) is 4.70. The van der Waals surface area contributed by atoms with Gasteiger partial charge in [-0.15, -0.1) is 0 Å². The molecule has 0 aliphatic carbocycles. The fraction of sp³-hybridized carbons (Fsp3) is 0.474. The first kappa shape index (κ1) is 19.9. The van der Waals surface area contributed by atoms with Crippen LogP contribution in [0.4, 0.5) is 0 Å². The maximum atomic E-state index is 12.7. The van der Waals surface area contributed by atoms with Gasteiger partial charge >= 0.3 is 0 Å². The first-order valence-corrected chi connectivity index (χ1v) is 10.6. The molecule has 1 atom stereocenters. The van der Waals surface area contributed by atoms with E-state index in [2.05, 4.69) is 32.2 Å². The number of benzene rings is 1. The van der Waals surface area contributed by atoms with Crippen molar-refractivity contribution in [2.45, 2.75) is 10.9 Å². The van der Waals surface area contributed by atoms with E-state index in [9.17, 15) is 8.42 Å². The minimum Gasteiger partial charge on any atom is -0.497 e. The number of methoxy groups -OCH3 is 1. The Kier molecular flexibility index (Phi) is 6.21. The number of rotatable bonds is 7. The topological polar surface area (TPSA) is 66.8 Å². The van der Waals surface area contributed by atoms with Crippen molar-refractivity contribution in [2.75, 3.05) is 46.9 Å². The molecule has 3 rings (SSSR count). The Morgan fingerprint density at radius 3 is 2.30 bits per heavy atom. The molecule has 2 heterocycles. The lowest BCUT2D eigenvalue weighted by Crippen LogP contribution is -2.48. The van der Waals surface area contributed by atoms with Crippen molar-refractivity contribution in [3.05, 3.63) is 48.3 Å². The van der Waals surface area contributed by atoms with Crippen molar-refractivity contribution in [3.8, 4) is 5.75 Å². The van der Waals surface area contributed by atoms with Crippen LogP contribution in [0.5, 0.6) is 5.75 Å². The first-order valence-electron chi connectivity index (χ1n) is 9.08. The SMILES string of the molecule is COc1ccc(S(=O)(=O)NCC(c2cccn2C)N2CCN(C)CC2)cc1. The summed E-state index contributed by atoms with van der Waals surface area (Å²) in [6.45, 7) is 4.11. The number of ether oxygens (including phenoxy) is 1. The van der Waals surface area contributed by atoms with Gasteiger partial charge in [-0.1, -0.05) is 0 Å². The summed E-state index contributed by atoms with van der Waals surface area (Å²) in [4.78, 5) is 4.89. The van der Waals surface area contributed by atoms with Crippen LogP contribution in [-0.2, 0) is 17.1 Å². The van der Waals surface area contributed by atoms with E-state index in [0.717, 1.165) is 31.9 Å². The van der Waals surface area contributed by atoms with Gasteiger partial charge in [0.25, 0.3) is 0 Å². The van der Waals surface area contributed by atoms with Gasteiger partial charge in [-0.2, -0.15) is 0 Å². The summed E-state index contributed by atoms with van der Waals surface area (Å²) in [5, 5.41) is 0. The number of sulfonamides is 1. The van der Waals surface area contributed by atoms with Gasteiger partial charge < -0.3 is 14.2 Å². The molecular formula is C19H28N4O3S. The molecule has 8 heteroatoms. The predicted molar refractivity (Wildman–Crippen MR) is 105 cm³/mol. The summed E-state index contributed by atoms with van der Waals surface area (Å²) in [6.07, 6.45) is 2.00. The van der Waals surface area contributed by atoms with Gasteiger partial charge in [0.05, 0.1) is 18.0 Å². The summed E-state index contributed by atoms with van der Waals surface area (Å²) in [6, 6.07) is 10.5. The van der Waals surface area contributed by atoms with Crippen molar-refractivity contribution in [2.24, 2.45) is 7.05 Å². The van der Waals surface area contributed by atoms with Gasteiger partial charge in [-0.05, 0) is 43.4 Å². The first-order chi connectivity index (χ1) is 12.9. The van der Waals surface area contributed by atoms with Crippen LogP contribution in [0.1, 0.15) is 11.7 Å². The molecule has 1 fully saturated rings. The van der Waals surface area contributed by atoms with Gasteiger partial charge in [-0.25, -0.2) is 13.1 Å². The van der Waals surface area contributed by atoms with E-state index in [1.807, 2.05) is 19.3 Å². The Morgan fingerprint density at radius 1 is 1.07 bits per heavy atom. The lowest BCUT2D eigenvalue weighted by molar-refractivity contribution is 0.109. The van der Waals surface area contributed by atoms with E-state index in [4.69, 9.17) is 4.74 Å². The van der Waals surface area contributed by atoms with Crippen LogP contribution in [-0.4, -0.2) is 69.7 Å². The Labute approximate surface area is 161 Å². The van der Waals surface area contributed by atoms with Crippen LogP contribution in [0.15, 0.2) is 47.5 Å². The predicted octanol–water partition coefficient (Wildman–Crippen LogP) is 1.30. The Morgan fingerprint density at radius 2 is 1.74 bits per heavy atom. The summed E-state index contributed by atoms with van der Waals surface area (Å²) in [7, 11) is 2.08. The standard InChI is InChI=1S/C19H28N4O3S/c1-21-11-13-23(14-12-21)19(18-5-4-10-22(18)2)15-20-27(24,25)17-8-6-16(26-3)7-9-17/h4-10,19-20H,11-15H2,1-3H3. The molecule has 7 nitrogen and oxygen atoms in total. The second-order valence-corrected chi connectivity index (χ2v) is 8.69. The van der Waals surface area contributed by atoms with Crippen molar-refractivity contribution < 1.29 is 13.2 Å². The maximum absolute atomic E-state index is 12.7. The van der Waals surface area contributed by atoms with Crippen LogP contribution in [0.25, 0.3) is 0 Å². The molecule has 1 aliphatic heterocycles. The van der Waals surface area contributed by atoms with Gasteiger partial charge in [0.1, 0.15) is 5.75 Å². The average molecular weight is 393 g/mol. The fourth-order valence-electron chi connectivity index (χ4n) is 3.40. The molecule has 2 aromatic rings. The highest BCUT2D eigenvalue weighted by molar-refractivity contribution is 7.89. The second kappa shape index (κ2) is 8.43. The van der Waals surface area contributed by atoms with E-state index < -0.39 is 10.0 Å². The van der Waals surface area contributed by atoms with Crippen LogP contribution >= 0.6 is 0 Å². The summed E-state index contributed by atoms with van der Waals surface area (Å²) in [5.74, 6) is 0.632. The highest BCUT2D eigenvalue weighted by atomic mass is 32.2. The van der Waals surface area contributed by atoms with E-state index in [1.54, 1.807) is 31.4 Å². The van der Waals surface area contributed by atoms with Crippen LogP contribution < -0.4 is 9.46 Å². The third-order valence-electron chi connectivity index (χ3n) is 5.14. The summed E-state index contributed by atoms with van der Waals surface area (Å²) in [5.41, 5.74) is 1.11. The highest BCUT2D eigenvalue weighted by Crippen LogP contribution is 2.23. The molecule has 1 N–H and O–H groups in total. The largest absolute Gasteiger partial charge is 0.497 e. The zero-order valence-electron chi connectivity index (χ0n) is 16.1. The third-order valence-corrected chi connectivity index (χ3v) is 6.58. The number of hydrogen-bond donors (Lipinski definition) is 1. The molecule has 0 bridgehead atoms. The lowest BCUT2D eigenvalue weighted by atomic mass is 10.1. The van der Waals surface area contributed by atoms with Crippen LogP contribution in [0.2, 0.25) is 0 Å². The number of piperazine rings is 1. The normalized spacial score (nSPS) is 17.7. The Hall–Kier alpha value is -1.87. The highest BCUT2D eigenvalue weighted by Gasteiger charge is 2.27. The van der Waals surface area contributed by atoms with Crippen molar-refractivity contribution >= 4 is 10.0 Å². The molecular weight excluding hydrogens is 364 g/mol. The van der Waals surface area contributed by atoms with E-state index in [0.29, 0.717) is 12.3 Å². The van der Waals surface area contributed by atoms with Gasteiger partial charge in [0, 0.05) is 51.7 Å². The fourth-order valence-corrected chi connectivity index (χ4v) is 4.44. The minimum atomic E-state index is -3.59. The lowest BCUT2D eigenvalue weighted by Gasteiger charge is -2.38. The molecule has 1 aromatic carbocycles. The van der Waals surface area contributed by atoms with E-state index >= 15 is 0 Å². The number of aryl methyl sites for hydroxylation is 1. The number of aromatic nitrogens is 1. The molecule has 27 heavy (non-hydrogen) atoms. The minimum absolute atomic E-state index is 0.00766. The molecule has 0 radical (unpaired) electrons. The number of likely N-dealkylation sites (N-methyl/N-ethyl adjacent to an activating group) is 1. The summed E-state index contributed by atoms with van der Waals surface area (Å²) >= 11 is 0. The summed E-state index contributed by atoms with van der Waals surface area (Å²) < 4.78 is 35.4. The van der Waals surface area contributed by atoms with E-state index in [1.165, 1.54) is 0 Å². The quantitative estimate of drug-likeness (QED) is 0.769. The average Bonchev–Trinajstić information content (AvgIpc) is 3.09. The zero-order valence-corrected chi connectivity index (χ0v) is 16.9. The molecule has 1 saturated heterocycles. The number of nitrogens with one attached hydrogen (secondary N) is 1. The number of hydrogen-bond acceptors (Lipinski definition) is 5. The molecule has 1 aromatic heterocycles. The molecule has 148 valence electrons. The maximum Gasteiger partial charge on any atom is 0.240 e. The Bertz CT molecular complexity index is 840. The van der Waals surface area contributed by atoms with Crippen molar-refractivity contribution in [1.29, 1.82) is 0 Å². The van der Waals surface area contributed by atoms with E-state index in [-0.39, 0.29) is 10.9 Å². The molecule has 0 amide bonds. The monoisotopic (exact) mass is 392 g/mol. The number of nitrogens with zero attached hydrogens (tertiary/aromatic N) is 3. The molecule has 1 unspecified atom stereocenters.